The van der Waals surface area contributed by atoms with E-state index in [1.165, 1.54) is 18.0 Å². The van der Waals surface area contributed by atoms with Gasteiger partial charge in [-0.25, -0.2) is 4.39 Å². The van der Waals surface area contributed by atoms with E-state index in [1.807, 2.05) is 0 Å². The molecule has 2 rings (SSSR count). The summed E-state index contributed by atoms with van der Waals surface area (Å²) in [4.78, 5) is 14.3. The van der Waals surface area contributed by atoms with Crippen LogP contribution in [0, 0.1) is 5.82 Å². The molecule has 0 aliphatic carbocycles. The molecule has 2 unspecified atom stereocenters. The topological polar surface area (TPSA) is 62.2 Å². The van der Waals surface area contributed by atoms with Gasteiger partial charge in [0.25, 0.3) is 0 Å². The highest BCUT2D eigenvalue weighted by atomic mass is 32.2. The fourth-order valence-corrected chi connectivity index (χ4v) is 2.65. The van der Waals surface area contributed by atoms with Crippen LogP contribution in [0.5, 0.6) is 0 Å². The number of carboxylic acids is 1. The highest BCUT2D eigenvalue weighted by molar-refractivity contribution is 7.99. The summed E-state index contributed by atoms with van der Waals surface area (Å²) in [7, 11) is 0. The second-order valence-corrected chi connectivity index (χ2v) is 4.31. The number of halogens is 1. The van der Waals surface area contributed by atoms with E-state index in [4.69, 9.17) is 5.11 Å². The number of hydrogen-bond donors (Lipinski definition) is 2. The lowest BCUT2D eigenvalue weighted by molar-refractivity contribution is -0.138. The molecule has 2 atom stereocenters. The second-order valence-electron chi connectivity index (χ2n) is 3.17. The molecule has 80 valence electrons. The minimum absolute atomic E-state index is 0.297. The molecule has 1 aliphatic heterocycles. The normalized spacial score (nSPS) is 25.4. The van der Waals surface area contributed by atoms with Gasteiger partial charge in [-0.05, 0) is 6.07 Å². The number of aromatic nitrogens is 1. The number of carboxylic acid groups (broad SMARTS) is 1. The SMILES string of the molecule is O=C(O)C1CSC(c2ccncc2F)N1. The van der Waals surface area contributed by atoms with Crippen molar-refractivity contribution in [3.8, 4) is 0 Å². The fraction of sp³-hybridized carbons (Fsp3) is 0.333. The van der Waals surface area contributed by atoms with Crippen molar-refractivity contribution in [1.29, 1.82) is 0 Å². The third kappa shape index (κ3) is 2.10. The smallest absolute Gasteiger partial charge is 0.321 e. The average molecular weight is 228 g/mol. The van der Waals surface area contributed by atoms with Gasteiger partial charge in [-0.3, -0.25) is 15.1 Å². The maximum atomic E-state index is 13.3. The van der Waals surface area contributed by atoms with Gasteiger partial charge in [0.2, 0.25) is 0 Å². The molecule has 0 aromatic carbocycles. The van der Waals surface area contributed by atoms with E-state index in [0.29, 0.717) is 11.3 Å². The zero-order chi connectivity index (χ0) is 10.8. The summed E-state index contributed by atoms with van der Waals surface area (Å²) >= 11 is 1.39. The van der Waals surface area contributed by atoms with E-state index in [1.54, 1.807) is 6.07 Å². The molecule has 6 heteroatoms. The summed E-state index contributed by atoms with van der Waals surface area (Å²) in [6, 6.07) is 0.956. The van der Waals surface area contributed by atoms with Crippen molar-refractivity contribution in [3.63, 3.8) is 0 Å². The summed E-state index contributed by atoms with van der Waals surface area (Å²) in [6.45, 7) is 0. The Kier molecular flexibility index (Phi) is 2.88. The Morgan fingerprint density at radius 3 is 3.13 bits per heavy atom. The lowest BCUT2D eigenvalue weighted by Gasteiger charge is -2.11. The van der Waals surface area contributed by atoms with Crippen molar-refractivity contribution in [1.82, 2.24) is 10.3 Å². The summed E-state index contributed by atoms with van der Waals surface area (Å²) in [6.07, 6.45) is 2.63. The van der Waals surface area contributed by atoms with Crippen molar-refractivity contribution in [3.05, 3.63) is 29.8 Å². The Balaban J connectivity index is 2.14. The highest BCUT2D eigenvalue weighted by Crippen LogP contribution is 2.33. The van der Waals surface area contributed by atoms with Gasteiger partial charge in [-0.15, -0.1) is 11.8 Å². The zero-order valence-corrected chi connectivity index (χ0v) is 8.50. The van der Waals surface area contributed by atoms with E-state index in [-0.39, 0.29) is 5.37 Å². The molecular weight excluding hydrogens is 219 g/mol. The third-order valence-electron chi connectivity index (χ3n) is 2.17. The Hall–Kier alpha value is -1.14. The number of nitrogens with one attached hydrogen (secondary N) is 1. The first kappa shape index (κ1) is 10.4. The quantitative estimate of drug-likeness (QED) is 0.791. The maximum Gasteiger partial charge on any atom is 0.321 e. The first-order valence-corrected chi connectivity index (χ1v) is 5.43. The minimum Gasteiger partial charge on any atom is -0.480 e. The number of nitrogens with zero attached hydrogens (tertiary/aromatic N) is 1. The summed E-state index contributed by atoms with van der Waals surface area (Å²) in [5.41, 5.74) is 0.457. The van der Waals surface area contributed by atoms with Crippen molar-refractivity contribution in [2.75, 3.05) is 5.75 Å². The van der Waals surface area contributed by atoms with Crippen LogP contribution in [0.4, 0.5) is 4.39 Å². The predicted molar refractivity (Wildman–Crippen MR) is 54.0 cm³/mol. The van der Waals surface area contributed by atoms with Crippen LogP contribution in [0.15, 0.2) is 18.5 Å². The molecule has 0 spiro atoms. The summed E-state index contributed by atoms with van der Waals surface area (Å²) in [5.74, 6) is -0.866. The number of hydrogen-bond acceptors (Lipinski definition) is 4. The molecule has 1 aromatic heterocycles. The van der Waals surface area contributed by atoms with Crippen molar-refractivity contribution in [2.24, 2.45) is 0 Å². The first-order valence-electron chi connectivity index (χ1n) is 4.38. The van der Waals surface area contributed by atoms with Gasteiger partial charge in [-0.1, -0.05) is 0 Å². The zero-order valence-electron chi connectivity index (χ0n) is 7.68. The van der Waals surface area contributed by atoms with E-state index in [2.05, 4.69) is 10.3 Å². The van der Waals surface area contributed by atoms with Crippen LogP contribution in [0.3, 0.4) is 0 Å². The summed E-state index contributed by atoms with van der Waals surface area (Å²) in [5, 5.41) is 11.3. The molecule has 1 fully saturated rings. The van der Waals surface area contributed by atoms with Gasteiger partial charge in [0.05, 0.1) is 11.6 Å². The number of pyridine rings is 1. The van der Waals surface area contributed by atoms with Crippen LogP contribution in [0.25, 0.3) is 0 Å². The van der Waals surface area contributed by atoms with Gasteiger partial charge in [0, 0.05) is 17.5 Å². The molecule has 1 aromatic rings. The van der Waals surface area contributed by atoms with E-state index >= 15 is 0 Å². The molecule has 2 heterocycles. The molecule has 1 aliphatic rings. The number of rotatable bonds is 2. The molecule has 0 radical (unpaired) electrons. The molecule has 0 bridgehead atoms. The van der Waals surface area contributed by atoms with Gasteiger partial charge in [0.15, 0.2) is 0 Å². The minimum atomic E-state index is -0.903. The first-order chi connectivity index (χ1) is 7.18. The Morgan fingerprint density at radius 2 is 2.53 bits per heavy atom. The molecular formula is C9H9FN2O2S. The molecule has 4 nitrogen and oxygen atoms in total. The van der Waals surface area contributed by atoms with Crippen LogP contribution in [-0.2, 0) is 4.79 Å². The van der Waals surface area contributed by atoms with Crippen LogP contribution in [0.1, 0.15) is 10.9 Å². The van der Waals surface area contributed by atoms with Crippen LogP contribution in [0.2, 0.25) is 0 Å². The Bertz CT molecular complexity index is 388. The second kappa shape index (κ2) is 4.16. The van der Waals surface area contributed by atoms with Gasteiger partial charge in [-0.2, -0.15) is 0 Å². The number of thioether (sulfide) groups is 1. The van der Waals surface area contributed by atoms with E-state index in [0.717, 1.165) is 6.20 Å². The summed E-state index contributed by atoms with van der Waals surface area (Å²) < 4.78 is 13.3. The predicted octanol–water partition coefficient (Wildman–Crippen LogP) is 1.01. The Morgan fingerprint density at radius 1 is 1.73 bits per heavy atom. The highest BCUT2D eigenvalue weighted by Gasteiger charge is 2.31. The monoisotopic (exact) mass is 228 g/mol. The third-order valence-corrected chi connectivity index (χ3v) is 3.42. The van der Waals surface area contributed by atoms with Crippen LogP contribution < -0.4 is 5.32 Å². The van der Waals surface area contributed by atoms with Crippen LogP contribution >= 0.6 is 11.8 Å². The molecule has 2 N–H and O–H groups in total. The van der Waals surface area contributed by atoms with Crippen molar-refractivity contribution in [2.45, 2.75) is 11.4 Å². The Labute approximate surface area is 89.9 Å². The van der Waals surface area contributed by atoms with Gasteiger partial charge in [0.1, 0.15) is 11.9 Å². The van der Waals surface area contributed by atoms with Crippen molar-refractivity contribution >= 4 is 17.7 Å². The fourth-order valence-electron chi connectivity index (χ4n) is 1.39. The van der Waals surface area contributed by atoms with E-state index < -0.39 is 17.8 Å². The van der Waals surface area contributed by atoms with Crippen molar-refractivity contribution < 1.29 is 14.3 Å². The largest absolute Gasteiger partial charge is 0.480 e. The number of aliphatic carboxylic acids is 1. The molecule has 0 saturated carbocycles. The standard InChI is InChI=1S/C9H9FN2O2S/c10-6-3-11-2-1-5(6)8-12-7(4-15-8)9(13)14/h1-3,7-8,12H,4H2,(H,13,14). The van der Waals surface area contributed by atoms with Gasteiger partial charge < -0.3 is 5.11 Å². The van der Waals surface area contributed by atoms with E-state index in [9.17, 15) is 9.18 Å². The van der Waals surface area contributed by atoms with Gasteiger partial charge >= 0.3 is 5.97 Å². The molecule has 15 heavy (non-hydrogen) atoms. The molecule has 1 saturated heterocycles. The lowest BCUT2D eigenvalue weighted by atomic mass is 10.2. The lowest BCUT2D eigenvalue weighted by Crippen LogP contribution is -2.33. The molecule has 0 amide bonds. The number of carbonyl (C=O) groups is 1. The van der Waals surface area contributed by atoms with Crippen LogP contribution in [-0.4, -0.2) is 27.9 Å². The maximum absolute atomic E-state index is 13.3. The average Bonchev–Trinajstić information content (AvgIpc) is 2.67.